The smallest absolute Gasteiger partial charge is 0.277 e. The third kappa shape index (κ3) is 4.46. The maximum absolute atomic E-state index is 12.8. The summed E-state index contributed by atoms with van der Waals surface area (Å²) in [6.45, 7) is 6.88. The minimum atomic E-state index is 0.0791. The summed E-state index contributed by atoms with van der Waals surface area (Å²) in [5.74, 6) is 1.48. The number of hydrogen-bond donors (Lipinski definition) is 0. The van der Waals surface area contributed by atoms with E-state index in [0.29, 0.717) is 11.1 Å². The first-order valence-corrected chi connectivity index (χ1v) is 11.4. The van der Waals surface area contributed by atoms with E-state index in [1.165, 1.54) is 37.4 Å². The number of allylic oxidation sites excluding steroid dienone is 2. The van der Waals surface area contributed by atoms with Crippen LogP contribution in [0.4, 0.5) is 0 Å². The monoisotopic (exact) mass is 425 g/mol. The Hall–Kier alpha value is -2.54. The highest BCUT2D eigenvalue weighted by atomic mass is 32.2. The van der Waals surface area contributed by atoms with Crippen LogP contribution >= 0.6 is 11.8 Å². The van der Waals surface area contributed by atoms with Crippen molar-refractivity contribution in [3.8, 4) is 11.5 Å². The summed E-state index contributed by atoms with van der Waals surface area (Å²) in [6, 6.07) is 3.79. The third-order valence-electron chi connectivity index (χ3n) is 5.74. The first kappa shape index (κ1) is 20.7. The molecule has 158 valence electrons. The SMILES string of the molecule is Cc1occc1-c1nnc(SCC(=O)c2cc(C)n(CCC3=CCCCC3)c2C)o1. The van der Waals surface area contributed by atoms with Gasteiger partial charge in [0, 0.05) is 23.5 Å². The lowest BCUT2D eigenvalue weighted by atomic mass is 9.97. The fourth-order valence-corrected chi connectivity index (χ4v) is 4.65. The number of furan rings is 1. The average Bonchev–Trinajstić information content (AvgIpc) is 3.45. The van der Waals surface area contributed by atoms with Crippen molar-refractivity contribution in [2.45, 2.75) is 64.6 Å². The van der Waals surface area contributed by atoms with Crippen molar-refractivity contribution in [2.24, 2.45) is 0 Å². The van der Waals surface area contributed by atoms with Gasteiger partial charge in [-0.3, -0.25) is 4.79 Å². The van der Waals surface area contributed by atoms with Gasteiger partial charge in [-0.2, -0.15) is 0 Å². The Morgan fingerprint density at radius 2 is 2.10 bits per heavy atom. The maximum atomic E-state index is 12.8. The minimum Gasteiger partial charge on any atom is -0.469 e. The molecule has 4 rings (SSSR count). The second kappa shape index (κ2) is 9.08. The summed E-state index contributed by atoms with van der Waals surface area (Å²) < 4.78 is 13.2. The molecule has 0 radical (unpaired) electrons. The summed E-state index contributed by atoms with van der Waals surface area (Å²) in [7, 11) is 0. The number of thioether (sulfide) groups is 1. The van der Waals surface area contributed by atoms with Crippen molar-refractivity contribution in [1.29, 1.82) is 0 Å². The molecule has 0 fully saturated rings. The molecule has 3 aromatic heterocycles. The molecule has 30 heavy (non-hydrogen) atoms. The Morgan fingerprint density at radius 1 is 1.23 bits per heavy atom. The molecule has 0 aromatic carbocycles. The zero-order valence-corrected chi connectivity index (χ0v) is 18.6. The summed E-state index contributed by atoms with van der Waals surface area (Å²) >= 11 is 1.27. The minimum absolute atomic E-state index is 0.0791. The van der Waals surface area contributed by atoms with Crippen LogP contribution in [0.3, 0.4) is 0 Å². The van der Waals surface area contributed by atoms with Gasteiger partial charge < -0.3 is 13.4 Å². The molecular formula is C23H27N3O3S. The number of rotatable bonds is 8. The van der Waals surface area contributed by atoms with Gasteiger partial charge in [-0.05, 0) is 65.0 Å². The highest BCUT2D eigenvalue weighted by Gasteiger charge is 2.19. The molecule has 0 bridgehead atoms. The molecule has 0 unspecified atom stereocenters. The fourth-order valence-electron chi connectivity index (χ4n) is 4.00. The van der Waals surface area contributed by atoms with E-state index in [9.17, 15) is 4.79 Å². The van der Waals surface area contributed by atoms with Crippen molar-refractivity contribution in [3.63, 3.8) is 0 Å². The summed E-state index contributed by atoms with van der Waals surface area (Å²) in [5.41, 5.74) is 5.28. The number of carbonyl (C=O) groups is 1. The molecule has 0 atom stereocenters. The van der Waals surface area contributed by atoms with Crippen molar-refractivity contribution in [2.75, 3.05) is 5.75 Å². The van der Waals surface area contributed by atoms with E-state index >= 15 is 0 Å². The number of ketones is 1. The van der Waals surface area contributed by atoms with Gasteiger partial charge >= 0.3 is 0 Å². The lowest BCUT2D eigenvalue weighted by molar-refractivity contribution is 0.102. The first-order chi connectivity index (χ1) is 14.5. The van der Waals surface area contributed by atoms with E-state index in [-0.39, 0.29) is 11.5 Å². The zero-order chi connectivity index (χ0) is 21.1. The van der Waals surface area contributed by atoms with Crippen LogP contribution in [-0.4, -0.2) is 26.3 Å². The Balaban J connectivity index is 1.38. The van der Waals surface area contributed by atoms with E-state index in [4.69, 9.17) is 8.83 Å². The third-order valence-corrected chi connectivity index (χ3v) is 6.56. The first-order valence-electron chi connectivity index (χ1n) is 10.4. The van der Waals surface area contributed by atoms with Gasteiger partial charge in [-0.25, -0.2) is 0 Å². The molecule has 0 saturated carbocycles. The number of hydrogen-bond acceptors (Lipinski definition) is 6. The molecular weight excluding hydrogens is 398 g/mol. The van der Waals surface area contributed by atoms with E-state index in [1.807, 2.05) is 19.9 Å². The van der Waals surface area contributed by atoms with Crippen LogP contribution in [-0.2, 0) is 6.54 Å². The highest BCUT2D eigenvalue weighted by molar-refractivity contribution is 7.99. The van der Waals surface area contributed by atoms with Crippen LogP contribution < -0.4 is 0 Å². The van der Waals surface area contributed by atoms with Crippen molar-refractivity contribution in [3.05, 3.63) is 52.8 Å². The molecule has 0 amide bonds. The van der Waals surface area contributed by atoms with Crippen LogP contribution in [0.1, 0.15) is 59.6 Å². The topological polar surface area (TPSA) is 74.1 Å². The average molecular weight is 426 g/mol. The quantitative estimate of drug-likeness (QED) is 0.253. The molecule has 0 spiro atoms. The van der Waals surface area contributed by atoms with E-state index in [1.54, 1.807) is 17.9 Å². The standard InChI is InChI=1S/C23H27N3O3S/c1-15-13-20(16(2)26(15)11-9-18-7-5-4-6-8-18)21(27)14-30-23-25-24-22(29-23)19-10-12-28-17(19)3/h7,10,12-13H,4-6,8-9,11,14H2,1-3H3. The predicted octanol–water partition coefficient (Wildman–Crippen LogP) is 5.92. The van der Waals surface area contributed by atoms with Gasteiger partial charge in [-0.1, -0.05) is 23.4 Å². The predicted molar refractivity (Wildman–Crippen MR) is 117 cm³/mol. The Bertz CT molecular complexity index is 1070. The van der Waals surface area contributed by atoms with Crippen LogP contribution in [0.15, 0.2) is 44.1 Å². The molecule has 1 aliphatic rings. The second-order valence-electron chi connectivity index (χ2n) is 7.77. The molecule has 3 heterocycles. The second-order valence-corrected chi connectivity index (χ2v) is 8.70. The van der Waals surface area contributed by atoms with Crippen LogP contribution in [0.25, 0.3) is 11.5 Å². The van der Waals surface area contributed by atoms with Crippen LogP contribution in [0, 0.1) is 20.8 Å². The van der Waals surface area contributed by atoms with E-state index in [0.717, 1.165) is 41.2 Å². The molecule has 0 saturated heterocycles. The van der Waals surface area contributed by atoms with Gasteiger partial charge in [0.05, 0.1) is 17.6 Å². The number of Topliss-reactive ketones (excluding diaryl/α,β-unsaturated/α-hetero) is 1. The number of aromatic nitrogens is 3. The maximum Gasteiger partial charge on any atom is 0.277 e. The van der Waals surface area contributed by atoms with Crippen molar-refractivity contribution in [1.82, 2.24) is 14.8 Å². The lowest BCUT2D eigenvalue weighted by Crippen LogP contribution is -2.08. The molecule has 6 nitrogen and oxygen atoms in total. The van der Waals surface area contributed by atoms with Gasteiger partial charge in [0.2, 0.25) is 0 Å². The van der Waals surface area contributed by atoms with Gasteiger partial charge in [0.15, 0.2) is 5.78 Å². The molecule has 7 heteroatoms. The summed E-state index contributed by atoms with van der Waals surface area (Å²) in [6.07, 6.45) is 10.1. The Kier molecular flexibility index (Phi) is 6.27. The lowest BCUT2D eigenvalue weighted by Gasteiger charge is -2.15. The fraction of sp³-hybridized carbons (Fsp3) is 0.435. The van der Waals surface area contributed by atoms with Crippen LogP contribution in [0.5, 0.6) is 0 Å². The van der Waals surface area contributed by atoms with E-state index in [2.05, 4.69) is 27.8 Å². The number of aryl methyl sites for hydroxylation is 2. The molecule has 1 aliphatic carbocycles. The number of nitrogens with zero attached hydrogens (tertiary/aromatic N) is 3. The van der Waals surface area contributed by atoms with Crippen molar-refractivity contribution >= 4 is 17.5 Å². The normalized spacial score (nSPS) is 14.2. The van der Waals surface area contributed by atoms with Gasteiger partial charge in [-0.15, -0.1) is 10.2 Å². The number of carbonyl (C=O) groups excluding carboxylic acids is 1. The van der Waals surface area contributed by atoms with Gasteiger partial charge in [0.1, 0.15) is 5.76 Å². The summed E-state index contributed by atoms with van der Waals surface area (Å²) in [5, 5.41) is 8.49. The summed E-state index contributed by atoms with van der Waals surface area (Å²) in [4.78, 5) is 12.8. The zero-order valence-electron chi connectivity index (χ0n) is 17.7. The van der Waals surface area contributed by atoms with Crippen LogP contribution in [0.2, 0.25) is 0 Å². The van der Waals surface area contributed by atoms with Gasteiger partial charge in [0.25, 0.3) is 11.1 Å². The van der Waals surface area contributed by atoms with E-state index < -0.39 is 0 Å². The Labute approximate surface area is 180 Å². The molecule has 3 aromatic rings. The molecule has 0 N–H and O–H groups in total. The Morgan fingerprint density at radius 3 is 2.83 bits per heavy atom. The molecule has 0 aliphatic heterocycles. The largest absolute Gasteiger partial charge is 0.469 e. The highest BCUT2D eigenvalue weighted by Crippen LogP contribution is 2.28. The van der Waals surface area contributed by atoms with Crippen molar-refractivity contribution < 1.29 is 13.6 Å².